The fraction of sp³-hybridized carbons (Fsp3) is 0.360. The molecule has 174 valence electrons. The van der Waals surface area contributed by atoms with Crippen molar-refractivity contribution >= 4 is 17.4 Å². The molecule has 0 N–H and O–H groups in total. The van der Waals surface area contributed by atoms with Gasteiger partial charge in [0, 0.05) is 26.2 Å². The van der Waals surface area contributed by atoms with Crippen molar-refractivity contribution < 1.29 is 23.5 Å². The Morgan fingerprint density at radius 1 is 0.879 bits per heavy atom. The Morgan fingerprint density at radius 2 is 1.55 bits per heavy atom. The lowest BCUT2D eigenvalue weighted by Crippen LogP contribution is -2.47. The van der Waals surface area contributed by atoms with E-state index in [9.17, 15) is 14.0 Å². The Balaban J connectivity index is 1.73. The van der Waals surface area contributed by atoms with Gasteiger partial charge in [0.15, 0.2) is 11.5 Å². The molecule has 0 radical (unpaired) electrons. The molecular weight excluding hydrogens is 425 g/mol. The summed E-state index contributed by atoms with van der Waals surface area (Å²) in [7, 11) is 3.08. The fourth-order valence-corrected chi connectivity index (χ4v) is 4.31. The molecule has 7 nitrogen and oxygen atoms in total. The number of halogens is 1. The number of likely N-dealkylation sites (N-methyl/N-ethyl adjacent to an activating group) is 1. The maximum absolute atomic E-state index is 13.6. The van der Waals surface area contributed by atoms with Crippen LogP contribution in [0.4, 0.5) is 4.39 Å². The Labute approximate surface area is 193 Å². The summed E-state index contributed by atoms with van der Waals surface area (Å²) in [6.45, 7) is 6.08. The summed E-state index contributed by atoms with van der Waals surface area (Å²) in [5, 5.41) is 0. The molecule has 4 rings (SSSR count). The average Bonchev–Trinajstić information content (AvgIpc) is 3.09. The van der Waals surface area contributed by atoms with Gasteiger partial charge in [0.1, 0.15) is 11.5 Å². The predicted molar refractivity (Wildman–Crippen MR) is 122 cm³/mol. The predicted octanol–water partition coefficient (Wildman–Crippen LogP) is 2.76. The summed E-state index contributed by atoms with van der Waals surface area (Å²) < 4.78 is 24.1. The minimum atomic E-state index is -0.371. The van der Waals surface area contributed by atoms with E-state index in [0.29, 0.717) is 47.0 Å². The van der Waals surface area contributed by atoms with Gasteiger partial charge in [-0.3, -0.25) is 14.5 Å². The first-order valence-corrected chi connectivity index (χ1v) is 11.0. The van der Waals surface area contributed by atoms with Crippen molar-refractivity contribution in [3.05, 3.63) is 65.1 Å². The van der Waals surface area contributed by atoms with Crippen LogP contribution in [0, 0.1) is 5.82 Å². The van der Waals surface area contributed by atoms with Gasteiger partial charge in [0.2, 0.25) is 0 Å². The first kappa shape index (κ1) is 22.8. The summed E-state index contributed by atoms with van der Waals surface area (Å²) in [4.78, 5) is 32.7. The summed E-state index contributed by atoms with van der Waals surface area (Å²) in [6, 6.07) is 11.1. The SMILES string of the molecule is CCN1CCN(C2=C(c3ccc(OC)c(OC)c3)C(=O)N(Cc3ccc(F)cc3)C2=O)CC1. The zero-order valence-corrected chi connectivity index (χ0v) is 19.1. The van der Waals surface area contributed by atoms with Gasteiger partial charge in [-0.1, -0.05) is 25.1 Å². The Bertz CT molecular complexity index is 1080. The average molecular weight is 454 g/mol. The van der Waals surface area contributed by atoms with Gasteiger partial charge in [0.05, 0.1) is 26.3 Å². The lowest BCUT2D eigenvalue weighted by molar-refractivity contribution is -0.138. The number of ether oxygens (including phenoxy) is 2. The van der Waals surface area contributed by atoms with E-state index in [0.717, 1.165) is 19.6 Å². The molecule has 0 saturated carbocycles. The van der Waals surface area contributed by atoms with Crippen LogP contribution in [0.25, 0.3) is 5.57 Å². The Kier molecular flexibility index (Phi) is 6.65. The van der Waals surface area contributed by atoms with E-state index in [1.807, 2.05) is 4.90 Å². The van der Waals surface area contributed by atoms with Gasteiger partial charge in [0.25, 0.3) is 11.8 Å². The number of benzene rings is 2. The van der Waals surface area contributed by atoms with Crippen LogP contribution in [0.2, 0.25) is 0 Å². The number of piperazine rings is 1. The molecular formula is C25H28FN3O4. The number of nitrogens with zero attached hydrogens (tertiary/aromatic N) is 3. The van der Waals surface area contributed by atoms with E-state index >= 15 is 0 Å². The molecule has 0 aliphatic carbocycles. The van der Waals surface area contributed by atoms with E-state index in [2.05, 4.69) is 11.8 Å². The van der Waals surface area contributed by atoms with Crippen molar-refractivity contribution in [2.75, 3.05) is 46.9 Å². The van der Waals surface area contributed by atoms with E-state index in [4.69, 9.17) is 9.47 Å². The van der Waals surface area contributed by atoms with E-state index in [1.165, 1.54) is 24.1 Å². The summed E-state index contributed by atoms with van der Waals surface area (Å²) in [5.41, 5.74) is 2.04. The van der Waals surface area contributed by atoms with Crippen molar-refractivity contribution in [2.24, 2.45) is 0 Å². The molecule has 2 aliphatic heterocycles. The molecule has 0 unspecified atom stereocenters. The largest absolute Gasteiger partial charge is 0.493 e. The Morgan fingerprint density at radius 3 is 2.15 bits per heavy atom. The molecule has 2 heterocycles. The van der Waals surface area contributed by atoms with Gasteiger partial charge < -0.3 is 19.3 Å². The second-order valence-electron chi connectivity index (χ2n) is 8.04. The van der Waals surface area contributed by atoms with Crippen LogP contribution in [0.5, 0.6) is 11.5 Å². The first-order valence-electron chi connectivity index (χ1n) is 11.0. The molecule has 33 heavy (non-hydrogen) atoms. The lowest BCUT2D eigenvalue weighted by Gasteiger charge is -2.36. The third kappa shape index (κ3) is 4.43. The van der Waals surface area contributed by atoms with Crippen molar-refractivity contribution in [3.63, 3.8) is 0 Å². The van der Waals surface area contributed by atoms with E-state index in [1.54, 1.807) is 37.4 Å². The third-order valence-corrected chi connectivity index (χ3v) is 6.21. The molecule has 2 aromatic rings. The van der Waals surface area contributed by atoms with Crippen molar-refractivity contribution in [3.8, 4) is 11.5 Å². The summed E-state index contributed by atoms with van der Waals surface area (Å²) >= 11 is 0. The molecule has 0 spiro atoms. The maximum Gasteiger partial charge on any atom is 0.278 e. The highest BCUT2D eigenvalue weighted by Gasteiger charge is 2.42. The highest BCUT2D eigenvalue weighted by molar-refractivity contribution is 6.35. The van der Waals surface area contributed by atoms with E-state index < -0.39 is 0 Å². The minimum Gasteiger partial charge on any atom is -0.493 e. The number of hydrogen-bond acceptors (Lipinski definition) is 6. The van der Waals surface area contributed by atoms with Gasteiger partial charge in [-0.2, -0.15) is 0 Å². The molecule has 1 saturated heterocycles. The van der Waals surface area contributed by atoms with Crippen LogP contribution in [-0.4, -0.2) is 73.5 Å². The van der Waals surface area contributed by atoms with Gasteiger partial charge in [-0.25, -0.2) is 4.39 Å². The second kappa shape index (κ2) is 9.62. The highest BCUT2D eigenvalue weighted by Crippen LogP contribution is 2.37. The molecule has 0 atom stereocenters. The van der Waals surface area contributed by atoms with Crippen molar-refractivity contribution in [2.45, 2.75) is 13.5 Å². The van der Waals surface area contributed by atoms with Crippen LogP contribution in [0.3, 0.4) is 0 Å². The molecule has 0 bridgehead atoms. The number of hydrogen-bond donors (Lipinski definition) is 0. The topological polar surface area (TPSA) is 62.3 Å². The van der Waals surface area contributed by atoms with Crippen LogP contribution in [0.15, 0.2) is 48.2 Å². The number of methoxy groups -OCH3 is 2. The zero-order chi connectivity index (χ0) is 23.5. The van der Waals surface area contributed by atoms with Gasteiger partial charge in [-0.15, -0.1) is 0 Å². The van der Waals surface area contributed by atoms with Crippen LogP contribution in [0.1, 0.15) is 18.1 Å². The first-order chi connectivity index (χ1) is 16.0. The molecule has 2 aromatic carbocycles. The maximum atomic E-state index is 13.6. The number of imide groups is 1. The minimum absolute atomic E-state index is 0.0765. The highest BCUT2D eigenvalue weighted by atomic mass is 19.1. The van der Waals surface area contributed by atoms with Crippen LogP contribution < -0.4 is 9.47 Å². The number of rotatable bonds is 7. The quantitative estimate of drug-likeness (QED) is 0.601. The lowest BCUT2D eigenvalue weighted by atomic mass is 10.0. The number of carbonyl (C=O) groups is 2. The van der Waals surface area contributed by atoms with Crippen molar-refractivity contribution in [1.29, 1.82) is 0 Å². The molecule has 8 heteroatoms. The monoisotopic (exact) mass is 453 g/mol. The summed E-state index contributed by atoms with van der Waals surface area (Å²) in [6.07, 6.45) is 0. The molecule has 2 aliphatic rings. The van der Waals surface area contributed by atoms with Crippen LogP contribution >= 0.6 is 0 Å². The van der Waals surface area contributed by atoms with Crippen molar-refractivity contribution in [1.82, 2.24) is 14.7 Å². The molecule has 2 amide bonds. The van der Waals surface area contributed by atoms with E-state index in [-0.39, 0.29) is 24.2 Å². The van der Waals surface area contributed by atoms with Gasteiger partial charge >= 0.3 is 0 Å². The second-order valence-corrected chi connectivity index (χ2v) is 8.04. The Hall–Kier alpha value is -3.39. The molecule has 1 fully saturated rings. The normalized spacial score (nSPS) is 17.2. The number of amides is 2. The smallest absolute Gasteiger partial charge is 0.278 e. The molecule has 0 aromatic heterocycles. The summed E-state index contributed by atoms with van der Waals surface area (Å²) in [5.74, 6) is -0.0465. The standard InChI is InChI=1S/C25H28FN3O4/c1-4-27-11-13-28(14-12-27)23-22(18-7-10-20(32-2)21(15-18)33-3)24(30)29(25(23)31)16-17-5-8-19(26)9-6-17/h5-10,15H,4,11-14,16H2,1-3H3. The fourth-order valence-electron chi connectivity index (χ4n) is 4.31. The third-order valence-electron chi connectivity index (χ3n) is 6.21. The number of carbonyl (C=O) groups excluding carboxylic acids is 2. The zero-order valence-electron chi connectivity index (χ0n) is 19.1. The van der Waals surface area contributed by atoms with Gasteiger partial charge in [-0.05, 0) is 41.9 Å². The van der Waals surface area contributed by atoms with Crippen LogP contribution in [-0.2, 0) is 16.1 Å².